The first-order chi connectivity index (χ1) is 36.2. The number of nitrogens with one attached hydrogen (secondary N) is 3. The molecule has 2 heterocycles. The molecule has 3 N–H and O–H groups in total. The summed E-state index contributed by atoms with van der Waals surface area (Å²) in [4.78, 5) is 69.4. The van der Waals surface area contributed by atoms with E-state index >= 15 is 9.59 Å². The van der Waals surface area contributed by atoms with E-state index in [4.69, 9.17) is 14.5 Å². The van der Waals surface area contributed by atoms with Crippen LogP contribution in [0, 0.1) is 69.0 Å². The molecule has 0 spiro atoms. The molecule has 77 heavy (non-hydrogen) atoms. The minimum absolute atomic E-state index is 0.0796. The van der Waals surface area contributed by atoms with Gasteiger partial charge in [0.2, 0.25) is 11.8 Å². The van der Waals surface area contributed by atoms with Gasteiger partial charge < -0.3 is 25.1 Å². The Morgan fingerprint density at radius 2 is 0.948 bits per heavy atom. The zero-order valence-corrected chi connectivity index (χ0v) is 49.4. The van der Waals surface area contributed by atoms with Crippen LogP contribution in [-0.2, 0) is 23.9 Å². The fourth-order valence-electron chi connectivity index (χ4n) is 14.0. The van der Waals surface area contributed by atoms with Crippen LogP contribution in [0.25, 0.3) is 22.8 Å². The molecule has 2 amide bonds. The maximum Gasteiger partial charge on any atom is 0.342 e. The smallest absolute Gasteiger partial charge is 0.342 e. The molecule has 1 aromatic heterocycles. The topological polar surface area (TPSA) is 139 Å². The Labute approximate surface area is 462 Å². The van der Waals surface area contributed by atoms with Crippen molar-refractivity contribution in [2.24, 2.45) is 74.0 Å². The molecule has 10 nitrogen and oxygen atoms in total. The molecule has 0 bridgehead atoms. The van der Waals surface area contributed by atoms with Gasteiger partial charge in [0.05, 0.1) is 11.4 Å². The fourth-order valence-corrected chi connectivity index (χ4v) is 14.0. The van der Waals surface area contributed by atoms with Crippen molar-refractivity contribution in [2.75, 3.05) is 5.32 Å². The van der Waals surface area contributed by atoms with Crippen LogP contribution in [0.2, 0.25) is 0 Å². The van der Waals surface area contributed by atoms with Crippen LogP contribution in [0.1, 0.15) is 208 Å². The van der Waals surface area contributed by atoms with Gasteiger partial charge in [-0.05, 0) is 102 Å². The maximum atomic E-state index is 15.8. The minimum Gasteiger partial charge on any atom is -0.458 e. The summed E-state index contributed by atoms with van der Waals surface area (Å²) in [5, 5.41) is 6.48. The zero-order valence-electron chi connectivity index (χ0n) is 49.4. The van der Waals surface area contributed by atoms with Crippen LogP contribution in [0.3, 0.4) is 0 Å². The Hall–Kier alpha value is -5.25. The molecule has 418 valence electrons. The molecule has 5 aliphatic rings. The second-order valence-corrected chi connectivity index (χ2v) is 28.6. The van der Waals surface area contributed by atoms with Gasteiger partial charge in [-0.25, -0.2) is 14.6 Å². The Kier molecular flexibility index (Phi) is 17.5. The molecule has 10 heteroatoms. The minimum atomic E-state index is -0.527. The van der Waals surface area contributed by atoms with Crippen molar-refractivity contribution in [2.45, 2.75) is 199 Å². The number of aromatic nitrogens is 1. The van der Waals surface area contributed by atoms with Crippen LogP contribution in [0.5, 0.6) is 0 Å². The predicted molar refractivity (Wildman–Crippen MR) is 313 cm³/mol. The molecule has 2 aromatic carbocycles. The molecule has 4 aliphatic carbocycles. The Morgan fingerprint density at radius 1 is 0.545 bits per heavy atom. The molecule has 4 saturated carbocycles. The van der Waals surface area contributed by atoms with E-state index in [1.165, 1.54) is 0 Å². The highest BCUT2D eigenvalue weighted by molar-refractivity contribution is 6.31. The van der Waals surface area contributed by atoms with Gasteiger partial charge in [-0.3, -0.25) is 9.59 Å². The SMILES string of the molecule is CC1CC(C(C)(C)C)C(OC(=O)C2=C(c3ccccc3)/C(=C/c3[nH]c(NC(=O)C4CCCCC4)c(C(=O)OC4C(C(C)(C)C)CC(C)CC4C(C)(C)C)c3-c3ccccc3)N=C2NC(=O)C2CCCCC2)C(C(C)(C)C)C1. The lowest BCUT2D eigenvalue weighted by molar-refractivity contribution is -0.164. The van der Waals surface area contributed by atoms with E-state index in [0.29, 0.717) is 34.4 Å². The van der Waals surface area contributed by atoms with Crippen LogP contribution in [-0.4, -0.2) is 46.8 Å². The maximum absolute atomic E-state index is 15.8. The average molecular weight is 1050 g/mol. The number of nitrogens with zero attached hydrogens (tertiary/aromatic N) is 1. The highest BCUT2D eigenvalue weighted by Gasteiger charge is 2.51. The lowest BCUT2D eigenvalue weighted by Crippen LogP contribution is -2.50. The summed E-state index contributed by atoms with van der Waals surface area (Å²) in [7, 11) is 0. The molecule has 0 saturated heterocycles. The van der Waals surface area contributed by atoms with Gasteiger partial charge in [0.1, 0.15) is 35.0 Å². The van der Waals surface area contributed by atoms with Gasteiger partial charge in [-0.15, -0.1) is 0 Å². The number of carbonyl (C=O) groups is 4. The number of benzene rings is 2. The molecule has 4 unspecified atom stereocenters. The number of ether oxygens (including phenoxy) is 2. The highest BCUT2D eigenvalue weighted by Crippen LogP contribution is 2.52. The summed E-state index contributed by atoms with van der Waals surface area (Å²) in [6, 6.07) is 19.5. The molecule has 3 aromatic rings. The monoisotopic (exact) mass is 1050 g/mol. The van der Waals surface area contributed by atoms with Gasteiger partial charge in [-0.1, -0.05) is 196 Å². The normalized spacial score (nSPS) is 26.8. The lowest BCUT2D eigenvalue weighted by Gasteiger charge is -2.50. The Balaban J connectivity index is 1.35. The first kappa shape index (κ1) is 57.9. The number of hydrogen-bond acceptors (Lipinski definition) is 7. The van der Waals surface area contributed by atoms with Crippen molar-refractivity contribution in [3.63, 3.8) is 0 Å². The largest absolute Gasteiger partial charge is 0.458 e. The number of carbonyl (C=O) groups excluding carboxylic acids is 4. The summed E-state index contributed by atoms with van der Waals surface area (Å²) in [6.07, 6.45) is 13.9. The van der Waals surface area contributed by atoms with E-state index < -0.39 is 18.0 Å². The number of rotatable bonds is 10. The number of aliphatic imine (C=N–C) groups is 1. The van der Waals surface area contributed by atoms with Crippen molar-refractivity contribution in [1.82, 2.24) is 10.3 Å². The molecule has 0 radical (unpaired) electrons. The molecule has 4 fully saturated rings. The van der Waals surface area contributed by atoms with Crippen molar-refractivity contribution < 1.29 is 28.7 Å². The summed E-state index contributed by atoms with van der Waals surface area (Å²) < 4.78 is 14.1. The van der Waals surface area contributed by atoms with Gasteiger partial charge >= 0.3 is 11.9 Å². The van der Waals surface area contributed by atoms with Crippen molar-refractivity contribution in [3.05, 3.63) is 88.8 Å². The van der Waals surface area contributed by atoms with E-state index in [0.717, 1.165) is 101 Å². The first-order valence-corrected chi connectivity index (χ1v) is 29.7. The van der Waals surface area contributed by atoms with Crippen molar-refractivity contribution in [3.8, 4) is 11.1 Å². The van der Waals surface area contributed by atoms with Crippen molar-refractivity contribution in [1.29, 1.82) is 0 Å². The molecule has 1 aliphatic heterocycles. The fraction of sp³-hybridized carbons (Fsp3) is 0.627. The van der Waals surface area contributed by atoms with Crippen LogP contribution < -0.4 is 10.6 Å². The van der Waals surface area contributed by atoms with E-state index in [1.807, 2.05) is 66.7 Å². The molecular weight excluding hydrogens is 957 g/mol. The van der Waals surface area contributed by atoms with E-state index in [9.17, 15) is 9.59 Å². The van der Waals surface area contributed by atoms with Crippen LogP contribution in [0.15, 0.2) is 76.9 Å². The second kappa shape index (κ2) is 23.2. The number of hydrogen-bond donors (Lipinski definition) is 3. The number of esters is 2. The zero-order chi connectivity index (χ0) is 55.8. The quantitative estimate of drug-likeness (QED) is 0.173. The Morgan fingerprint density at radius 3 is 1.38 bits per heavy atom. The third-order valence-electron chi connectivity index (χ3n) is 18.4. The second-order valence-electron chi connectivity index (χ2n) is 28.6. The Bertz CT molecular complexity index is 2640. The van der Waals surface area contributed by atoms with Gasteiger partial charge in [0.15, 0.2) is 0 Å². The standard InChI is InChI=1S/C67H94N4O6/c1-40-35-46(64(3,4)5)56(47(36-40)65(6,7)8)76-62(74)54-52(42-27-19-15-20-28-42)50(68-58(54)70-60(72)44-31-23-17-24-32-44)39-51-53(43-29-21-16-22-30-43)55(59(69-51)71-61(73)45-33-25-18-26-34-45)63(75)77-57-48(66(9,10)11)37-41(2)38-49(57)67(12,13)14/h15-16,19-22,27-30,39-41,44-49,56-57,68H,17-18,23-26,31-38H2,1-14H3,(H,70,72)(H,69,71,73)/b51-39-. The number of H-pyrrole nitrogens is 1. The molecular formula is C67H94N4O6. The number of amidine groups is 1. The predicted octanol–water partition coefficient (Wildman–Crippen LogP) is 16.0. The van der Waals surface area contributed by atoms with E-state index in [2.05, 4.69) is 113 Å². The highest BCUT2D eigenvalue weighted by atomic mass is 16.5. The first-order valence-electron chi connectivity index (χ1n) is 29.7. The third kappa shape index (κ3) is 13.3. The lowest BCUT2D eigenvalue weighted by atomic mass is 9.59. The average Bonchev–Trinajstić information content (AvgIpc) is 3.96. The molecule has 8 rings (SSSR count). The molecule has 4 atom stereocenters. The summed E-state index contributed by atoms with van der Waals surface area (Å²) in [5.41, 5.74) is 3.26. The van der Waals surface area contributed by atoms with Crippen molar-refractivity contribution >= 4 is 47.1 Å². The summed E-state index contributed by atoms with van der Waals surface area (Å²) in [6.45, 7) is 31.6. The number of allylic oxidation sites excluding steroid dienone is 1. The van der Waals surface area contributed by atoms with Crippen LogP contribution >= 0.6 is 0 Å². The van der Waals surface area contributed by atoms with Gasteiger partial charge in [0, 0.05) is 46.6 Å². The van der Waals surface area contributed by atoms with E-state index in [1.54, 1.807) is 0 Å². The van der Waals surface area contributed by atoms with Gasteiger partial charge in [0.25, 0.3) is 0 Å². The third-order valence-corrected chi connectivity index (χ3v) is 18.4. The van der Waals surface area contributed by atoms with E-state index in [-0.39, 0.29) is 97.9 Å². The number of amides is 2. The number of anilines is 1. The number of aromatic amines is 1. The summed E-state index contributed by atoms with van der Waals surface area (Å²) in [5.74, 6) is -0.0716. The van der Waals surface area contributed by atoms with Gasteiger partial charge in [-0.2, -0.15) is 0 Å². The van der Waals surface area contributed by atoms with Crippen LogP contribution in [0.4, 0.5) is 5.82 Å². The summed E-state index contributed by atoms with van der Waals surface area (Å²) >= 11 is 0.